The summed E-state index contributed by atoms with van der Waals surface area (Å²) in [5.41, 5.74) is 2.10. The molecule has 0 fully saturated rings. The highest BCUT2D eigenvalue weighted by Gasteiger charge is 2.21. The molecule has 0 aliphatic rings. The third kappa shape index (κ3) is 2.64. The summed E-state index contributed by atoms with van der Waals surface area (Å²) in [6.07, 6.45) is 2.31. The second kappa shape index (κ2) is 6.49. The van der Waals surface area contributed by atoms with E-state index in [1.54, 1.807) is 7.11 Å². The summed E-state index contributed by atoms with van der Waals surface area (Å²) in [5, 5.41) is 0. The molecule has 2 aromatic rings. The Balaban J connectivity index is 2.58. The van der Waals surface area contributed by atoms with E-state index in [-0.39, 0.29) is 0 Å². The van der Waals surface area contributed by atoms with Gasteiger partial charge in [0.2, 0.25) is 0 Å². The van der Waals surface area contributed by atoms with E-state index in [9.17, 15) is 0 Å². The number of alkyl halides is 1. The van der Waals surface area contributed by atoms with Gasteiger partial charge in [-0.1, -0.05) is 26.7 Å². The molecule has 0 saturated carbocycles. The minimum Gasteiger partial charge on any atom is -0.497 e. The number of hydrogen-bond donors (Lipinski definition) is 0. The Kier molecular flexibility index (Phi) is 4.92. The zero-order valence-electron chi connectivity index (χ0n) is 12.7. The van der Waals surface area contributed by atoms with Crippen LogP contribution in [0, 0.1) is 5.92 Å². The molecule has 20 heavy (non-hydrogen) atoms. The first-order valence-electron chi connectivity index (χ1n) is 7.27. The summed E-state index contributed by atoms with van der Waals surface area (Å²) in [6, 6.07) is 6.38. The van der Waals surface area contributed by atoms with E-state index in [4.69, 9.17) is 16.3 Å². The molecule has 2 rings (SSSR count). The number of imidazole rings is 1. The molecule has 0 bridgehead atoms. The van der Waals surface area contributed by atoms with Crippen LogP contribution in [0.5, 0.6) is 5.75 Å². The van der Waals surface area contributed by atoms with Gasteiger partial charge in [0, 0.05) is 12.1 Å². The highest BCUT2D eigenvalue weighted by Crippen LogP contribution is 2.31. The van der Waals surface area contributed by atoms with Crippen LogP contribution in [0.15, 0.2) is 18.2 Å². The summed E-state index contributed by atoms with van der Waals surface area (Å²) in [7, 11) is 1.69. The van der Waals surface area contributed by atoms with E-state index in [1.807, 2.05) is 12.1 Å². The molecule has 0 saturated heterocycles. The number of fused-ring (bicyclic) bond motifs is 1. The van der Waals surface area contributed by atoms with Crippen molar-refractivity contribution < 1.29 is 4.74 Å². The van der Waals surface area contributed by atoms with Gasteiger partial charge in [0.15, 0.2) is 0 Å². The molecule has 1 aromatic carbocycles. The lowest BCUT2D eigenvalue weighted by Gasteiger charge is -2.25. The van der Waals surface area contributed by atoms with Crippen LogP contribution in [0.4, 0.5) is 0 Å². The van der Waals surface area contributed by atoms with Gasteiger partial charge in [-0.15, -0.1) is 11.6 Å². The van der Waals surface area contributed by atoms with Gasteiger partial charge in [-0.2, -0.15) is 0 Å². The SMILES string of the molecule is CCC(CC)C(C)n1c(CCl)nc2ccc(OC)cc21. The first-order valence-corrected chi connectivity index (χ1v) is 7.80. The monoisotopic (exact) mass is 294 g/mol. The quantitative estimate of drug-likeness (QED) is 0.717. The second-order valence-electron chi connectivity index (χ2n) is 5.20. The van der Waals surface area contributed by atoms with Gasteiger partial charge in [0.25, 0.3) is 0 Å². The van der Waals surface area contributed by atoms with Crippen LogP contribution in [0.2, 0.25) is 0 Å². The third-order valence-electron chi connectivity index (χ3n) is 4.23. The van der Waals surface area contributed by atoms with Gasteiger partial charge in [-0.25, -0.2) is 4.98 Å². The van der Waals surface area contributed by atoms with Crippen LogP contribution in [0.1, 0.15) is 45.5 Å². The van der Waals surface area contributed by atoms with Crippen molar-refractivity contribution >= 4 is 22.6 Å². The number of halogens is 1. The standard InChI is InChI=1S/C16H23ClN2O/c1-5-12(6-2)11(3)19-15-9-13(20-4)7-8-14(15)18-16(19)10-17/h7-9,11-12H,5-6,10H2,1-4H3. The fraction of sp³-hybridized carbons (Fsp3) is 0.562. The Labute approximate surface area is 125 Å². The van der Waals surface area contributed by atoms with E-state index in [0.717, 1.165) is 35.4 Å². The van der Waals surface area contributed by atoms with Crippen LogP contribution in [-0.4, -0.2) is 16.7 Å². The summed E-state index contributed by atoms with van der Waals surface area (Å²) < 4.78 is 7.62. The Morgan fingerprint density at radius 1 is 1.30 bits per heavy atom. The van der Waals surface area contributed by atoms with Gasteiger partial charge in [-0.3, -0.25) is 0 Å². The van der Waals surface area contributed by atoms with Crippen molar-refractivity contribution in [1.82, 2.24) is 9.55 Å². The van der Waals surface area contributed by atoms with Crippen LogP contribution in [0.25, 0.3) is 11.0 Å². The van der Waals surface area contributed by atoms with E-state index in [0.29, 0.717) is 17.8 Å². The Morgan fingerprint density at radius 2 is 2.00 bits per heavy atom. The maximum Gasteiger partial charge on any atom is 0.125 e. The number of rotatable bonds is 6. The summed E-state index contributed by atoms with van der Waals surface area (Å²) in [6.45, 7) is 6.74. The minimum atomic E-state index is 0.385. The number of benzene rings is 1. The Bertz CT molecular complexity index is 575. The summed E-state index contributed by atoms with van der Waals surface area (Å²) in [4.78, 5) is 4.65. The maximum absolute atomic E-state index is 6.10. The average molecular weight is 295 g/mol. The predicted octanol–water partition coefficient (Wildman–Crippen LogP) is 4.78. The second-order valence-corrected chi connectivity index (χ2v) is 5.47. The van der Waals surface area contributed by atoms with Crippen molar-refractivity contribution in [3.8, 4) is 5.75 Å². The molecule has 1 unspecified atom stereocenters. The zero-order chi connectivity index (χ0) is 14.7. The van der Waals surface area contributed by atoms with E-state index in [1.165, 1.54) is 0 Å². The molecule has 0 N–H and O–H groups in total. The van der Waals surface area contributed by atoms with Crippen molar-refractivity contribution in [2.75, 3.05) is 7.11 Å². The highest BCUT2D eigenvalue weighted by molar-refractivity contribution is 6.16. The average Bonchev–Trinajstić information content (AvgIpc) is 2.85. The number of nitrogens with zero attached hydrogens (tertiary/aromatic N) is 2. The molecule has 1 heterocycles. The topological polar surface area (TPSA) is 27.1 Å². The number of methoxy groups -OCH3 is 1. The molecule has 0 spiro atoms. The van der Waals surface area contributed by atoms with Crippen LogP contribution in [0.3, 0.4) is 0 Å². The van der Waals surface area contributed by atoms with Gasteiger partial charge in [0.05, 0.1) is 24.0 Å². The Morgan fingerprint density at radius 3 is 2.55 bits per heavy atom. The van der Waals surface area contributed by atoms with Gasteiger partial charge >= 0.3 is 0 Å². The summed E-state index contributed by atoms with van der Waals surface area (Å²) >= 11 is 6.10. The normalized spacial score (nSPS) is 13.1. The van der Waals surface area contributed by atoms with Crippen molar-refractivity contribution in [3.63, 3.8) is 0 Å². The molecule has 0 amide bonds. The molecule has 0 radical (unpaired) electrons. The molecule has 1 atom stereocenters. The smallest absolute Gasteiger partial charge is 0.125 e. The van der Waals surface area contributed by atoms with Gasteiger partial charge in [-0.05, 0) is 25.0 Å². The molecule has 110 valence electrons. The fourth-order valence-electron chi connectivity index (χ4n) is 2.98. The number of hydrogen-bond acceptors (Lipinski definition) is 2. The first-order chi connectivity index (χ1) is 9.65. The van der Waals surface area contributed by atoms with Gasteiger partial charge < -0.3 is 9.30 Å². The molecule has 0 aliphatic carbocycles. The van der Waals surface area contributed by atoms with Crippen molar-refractivity contribution in [2.24, 2.45) is 5.92 Å². The van der Waals surface area contributed by atoms with Crippen LogP contribution < -0.4 is 4.74 Å². The van der Waals surface area contributed by atoms with E-state index in [2.05, 4.69) is 36.4 Å². The Hall–Kier alpha value is -1.22. The molecule has 0 aliphatic heterocycles. The lowest BCUT2D eigenvalue weighted by molar-refractivity contribution is 0.334. The summed E-state index contributed by atoms with van der Waals surface area (Å²) in [5.74, 6) is 2.85. The van der Waals surface area contributed by atoms with Crippen LogP contribution >= 0.6 is 11.6 Å². The molecule has 1 aromatic heterocycles. The lowest BCUT2D eigenvalue weighted by Crippen LogP contribution is -2.17. The molecular formula is C16H23ClN2O. The zero-order valence-corrected chi connectivity index (χ0v) is 13.4. The fourth-order valence-corrected chi connectivity index (χ4v) is 3.17. The first kappa shape index (κ1) is 15.2. The maximum atomic E-state index is 6.10. The largest absolute Gasteiger partial charge is 0.497 e. The lowest BCUT2D eigenvalue weighted by atomic mass is 9.95. The number of ether oxygens (including phenoxy) is 1. The molecule has 3 nitrogen and oxygen atoms in total. The number of aromatic nitrogens is 2. The minimum absolute atomic E-state index is 0.385. The van der Waals surface area contributed by atoms with Crippen LogP contribution in [-0.2, 0) is 5.88 Å². The van der Waals surface area contributed by atoms with Crippen molar-refractivity contribution in [1.29, 1.82) is 0 Å². The van der Waals surface area contributed by atoms with E-state index >= 15 is 0 Å². The van der Waals surface area contributed by atoms with Crippen molar-refractivity contribution in [2.45, 2.75) is 45.5 Å². The van der Waals surface area contributed by atoms with Gasteiger partial charge in [0.1, 0.15) is 11.6 Å². The molecule has 4 heteroatoms. The highest BCUT2D eigenvalue weighted by atomic mass is 35.5. The van der Waals surface area contributed by atoms with E-state index < -0.39 is 0 Å². The third-order valence-corrected chi connectivity index (χ3v) is 4.47. The molecular weight excluding hydrogens is 272 g/mol. The predicted molar refractivity (Wildman–Crippen MR) is 84.6 cm³/mol. The van der Waals surface area contributed by atoms with Crippen molar-refractivity contribution in [3.05, 3.63) is 24.0 Å².